The fraction of sp³-hybridized carbons (Fsp3) is 0.125. The van der Waals surface area contributed by atoms with Crippen molar-refractivity contribution in [2.75, 3.05) is 0 Å². The number of aromatic nitrogens is 1. The highest BCUT2D eigenvalue weighted by molar-refractivity contribution is 7.17. The Morgan fingerprint density at radius 3 is 3.00 bits per heavy atom. The second-order valence-electron chi connectivity index (χ2n) is 4.70. The van der Waals surface area contributed by atoms with Crippen LogP contribution < -0.4 is 0 Å². The molecule has 0 N–H and O–H groups in total. The number of carbonyl (C=O) groups is 1. The molecule has 0 bridgehead atoms. The van der Waals surface area contributed by atoms with Crippen LogP contribution >= 0.6 is 11.3 Å². The van der Waals surface area contributed by atoms with Crippen LogP contribution in [-0.2, 0) is 6.42 Å². The summed E-state index contributed by atoms with van der Waals surface area (Å²) in [6, 6.07) is 8.29. The maximum absolute atomic E-state index is 13.2. The lowest BCUT2D eigenvalue weighted by Gasteiger charge is -2.05. The third-order valence-electron chi connectivity index (χ3n) is 3.29. The Morgan fingerprint density at radius 1 is 1.30 bits per heavy atom. The number of aryl methyl sites for hydroxylation is 1. The van der Waals surface area contributed by atoms with E-state index in [0.29, 0.717) is 5.56 Å². The van der Waals surface area contributed by atoms with E-state index in [1.807, 2.05) is 24.4 Å². The van der Waals surface area contributed by atoms with Crippen molar-refractivity contribution in [2.24, 2.45) is 0 Å². The van der Waals surface area contributed by atoms with Crippen LogP contribution in [-0.4, -0.2) is 10.8 Å². The standard InChI is InChI=1S/C16H12FNOS/c1-10-2-3-13(17)6-11(10)7-15(19)12-8-16-14(18-9-12)4-5-20-16/h2-6,8-9H,7H2,1H3. The second kappa shape index (κ2) is 5.13. The van der Waals surface area contributed by atoms with E-state index in [9.17, 15) is 9.18 Å². The van der Waals surface area contributed by atoms with Gasteiger partial charge in [0.2, 0.25) is 0 Å². The minimum absolute atomic E-state index is 0.0403. The van der Waals surface area contributed by atoms with E-state index < -0.39 is 0 Å². The van der Waals surface area contributed by atoms with Crippen molar-refractivity contribution in [3.05, 3.63) is 64.4 Å². The maximum Gasteiger partial charge on any atom is 0.168 e. The molecule has 0 atom stereocenters. The zero-order valence-electron chi connectivity index (χ0n) is 10.9. The summed E-state index contributed by atoms with van der Waals surface area (Å²) >= 11 is 1.56. The predicted molar refractivity (Wildman–Crippen MR) is 78.8 cm³/mol. The van der Waals surface area contributed by atoms with Gasteiger partial charge in [-0.2, -0.15) is 0 Å². The fourth-order valence-electron chi connectivity index (χ4n) is 2.10. The molecule has 2 aromatic heterocycles. The van der Waals surface area contributed by atoms with E-state index in [2.05, 4.69) is 4.98 Å². The Morgan fingerprint density at radius 2 is 2.15 bits per heavy atom. The van der Waals surface area contributed by atoms with Gasteiger partial charge in [0.1, 0.15) is 5.82 Å². The van der Waals surface area contributed by atoms with Crippen molar-refractivity contribution >= 4 is 27.3 Å². The van der Waals surface area contributed by atoms with Gasteiger partial charge in [0.25, 0.3) is 0 Å². The Balaban J connectivity index is 1.90. The topological polar surface area (TPSA) is 30.0 Å². The summed E-state index contributed by atoms with van der Waals surface area (Å²) in [4.78, 5) is 16.5. The van der Waals surface area contributed by atoms with Gasteiger partial charge in [0, 0.05) is 18.2 Å². The Kier molecular flexibility index (Phi) is 3.32. The van der Waals surface area contributed by atoms with Crippen LogP contribution in [0.5, 0.6) is 0 Å². The third-order valence-corrected chi connectivity index (χ3v) is 4.14. The Labute approximate surface area is 119 Å². The van der Waals surface area contributed by atoms with Crippen LogP contribution in [0.3, 0.4) is 0 Å². The molecule has 4 heteroatoms. The summed E-state index contributed by atoms with van der Waals surface area (Å²) in [7, 11) is 0. The number of Topliss-reactive ketones (excluding diaryl/α,β-unsaturated/α-hetero) is 1. The number of pyridine rings is 1. The monoisotopic (exact) mass is 285 g/mol. The van der Waals surface area contributed by atoms with Crippen LogP contribution in [0.4, 0.5) is 4.39 Å². The number of benzene rings is 1. The molecule has 0 saturated carbocycles. The van der Waals surface area contributed by atoms with Crippen molar-refractivity contribution < 1.29 is 9.18 Å². The van der Waals surface area contributed by atoms with Crippen molar-refractivity contribution in [1.29, 1.82) is 0 Å². The molecule has 0 saturated heterocycles. The smallest absolute Gasteiger partial charge is 0.168 e. The van der Waals surface area contributed by atoms with Crippen molar-refractivity contribution in [3.8, 4) is 0 Å². The minimum atomic E-state index is -0.315. The highest BCUT2D eigenvalue weighted by Gasteiger charge is 2.11. The summed E-state index contributed by atoms with van der Waals surface area (Å²) in [5.41, 5.74) is 3.11. The first-order valence-electron chi connectivity index (χ1n) is 6.25. The summed E-state index contributed by atoms with van der Waals surface area (Å²) in [5.74, 6) is -0.355. The molecule has 3 aromatic rings. The zero-order chi connectivity index (χ0) is 14.1. The number of hydrogen-bond acceptors (Lipinski definition) is 3. The fourth-order valence-corrected chi connectivity index (χ4v) is 2.88. The first-order valence-corrected chi connectivity index (χ1v) is 7.13. The average molecular weight is 285 g/mol. The van der Waals surface area contributed by atoms with E-state index >= 15 is 0 Å². The molecule has 0 aliphatic rings. The quantitative estimate of drug-likeness (QED) is 0.676. The molecule has 2 heterocycles. The lowest BCUT2D eigenvalue weighted by molar-refractivity contribution is 0.0992. The van der Waals surface area contributed by atoms with Gasteiger partial charge in [0.15, 0.2) is 5.78 Å². The third kappa shape index (κ3) is 2.47. The largest absolute Gasteiger partial charge is 0.294 e. The lowest BCUT2D eigenvalue weighted by Crippen LogP contribution is -2.05. The summed E-state index contributed by atoms with van der Waals surface area (Å²) in [6.45, 7) is 1.88. The summed E-state index contributed by atoms with van der Waals surface area (Å²) < 4.78 is 14.2. The molecular formula is C16H12FNOS. The first-order chi connectivity index (χ1) is 9.63. The van der Waals surface area contributed by atoms with Gasteiger partial charge < -0.3 is 0 Å². The van der Waals surface area contributed by atoms with Crippen LogP contribution in [0, 0.1) is 12.7 Å². The van der Waals surface area contributed by atoms with Crippen molar-refractivity contribution in [1.82, 2.24) is 4.98 Å². The van der Waals surface area contributed by atoms with Gasteiger partial charge in [-0.15, -0.1) is 11.3 Å². The van der Waals surface area contributed by atoms with Crippen LogP contribution in [0.1, 0.15) is 21.5 Å². The molecule has 0 fully saturated rings. The van der Waals surface area contributed by atoms with E-state index in [-0.39, 0.29) is 18.0 Å². The van der Waals surface area contributed by atoms with Crippen molar-refractivity contribution in [2.45, 2.75) is 13.3 Å². The highest BCUT2D eigenvalue weighted by atomic mass is 32.1. The first kappa shape index (κ1) is 12.9. The molecule has 2 nitrogen and oxygen atoms in total. The van der Waals surface area contributed by atoms with E-state index in [4.69, 9.17) is 0 Å². The molecule has 0 spiro atoms. The molecule has 0 unspecified atom stereocenters. The molecular weight excluding hydrogens is 273 g/mol. The minimum Gasteiger partial charge on any atom is -0.294 e. The van der Waals surface area contributed by atoms with E-state index in [1.165, 1.54) is 12.1 Å². The zero-order valence-corrected chi connectivity index (χ0v) is 11.7. The number of nitrogens with zero attached hydrogens (tertiary/aromatic N) is 1. The number of rotatable bonds is 3. The van der Waals surface area contributed by atoms with Gasteiger partial charge in [-0.3, -0.25) is 9.78 Å². The maximum atomic E-state index is 13.2. The van der Waals surface area contributed by atoms with E-state index in [0.717, 1.165) is 21.3 Å². The van der Waals surface area contributed by atoms with Gasteiger partial charge >= 0.3 is 0 Å². The molecule has 0 radical (unpaired) electrons. The summed E-state index contributed by atoms with van der Waals surface area (Å²) in [6.07, 6.45) is 1.79. The second-order valence-corrected chi connectivity index (χ2v) is 5.65. The molecule has 100 valence electrons. The number of thiophene rings is 1. The van der Waals surface area contributed by atoms with Crippen LogP contribution in [0.25, 0.3) is 10.2 Å². The van der Waals surface area contributed by atoms with Crippen LogP contribution in [0.15, 0.2) is 41.9 Å². The Bertz CT molecular complexity index is 794. The molecule has 1 aromatic carbocycles. The predicted octanol–water partition coefficient (Wildman–Crippen LogP) is 4.17. The SMILES string of the molecule is Cc1ccc(F)cc1CC(=O)c1cnc2ccsc2c1. The van der Waals surface area contributed by atoms with Crippen molar-refractivity contribution in [3.63, 3.8) is 0 Å². The van der Waals surface area contributed by atoms with Gasteiger partial charge in [-0.1, -0.05) is 6.07 Å². The number of carbonyl (C=O) groups excluding carboxylic acids is 1. The number of ketones is 1. The molecule has 3 rings (SSSR count). The average Bonchev–Trinajstić information content (AvgIpc) is 2.90. The lowest BCUT2D eigenvalue weighted by atomic mass is 10.0. The molecule has 0 aliphatic carbocycles. The van der Waals surface area contributed by atoms with Gasteiger partial charge in [0.05, 0.1) is 10.2 Å². The molecule has 0 amide bonds. The summed E-state index contributed by atoms with van der Waals surface area (Å²) in [5, 5.41) is 1.95. The Hall–Kier alpha value is -2.07. The van der Waals surface area contributed by atoms with E-state index in [1.54, 1.807) is 23.6 Å². The normalized spacial score (nSPS) is 10.9. The molecule has 0 aliphatic heterocycles. The van der Waals surface area contributed by atoms with Crippen LogP contribution in [0.2, 0.25) is 0 Å². The van der Waals surface area contributed by atoms with Gasteiger partial charge in [-0.25, -0.2) is 4.39 Å². The van der Waals surface area contributed by atoms with Gasteiger partial charge in [-0.05, 0) is 47.7 Å². The number of halogens is 1. The highest BCUT2D eigenvalue weighted by Crippen LogP contribution is 2.21. The number of fused-ring (bicyclic) bond motifs is 1. The number of hydrogen-bond donors (Lipinski definition) is 0. The molecule has 20 heavy (non-hydrogen) atoms.